The van der Waals surface area contributed by atoms with Crippen LogP contribution in [0.25, 0.3) is 28.0 Å². The molecule has 0 radical (unpaired) electrons. The van der Waals surface area contributed by atoms with E-state index in [4.69, 9.17) is 29.0 Å². The minimum atomic E-state index is -1.97. The van der Waals surface area contributed by atoms with Gasteiger partial charge in [-0.3, -0.25) is 4.98 Å². The van der Waals surface area contributed by atoms with E-state index in [1.54, 1.807) is 24.1 Å². The van der Waals surface area contributed by atoms with Crippen molar-refractivity contribution in [1.82, 2.24) is 24.5 Å². The Labute approximate surface area is 295 Å². The molecule has 268 valence electrons. The summed E-state index contributed by atoms with van der Waals surface area (Å²) in [5.41, 5.74) is 3.49. The number of nitrogens with zero attached hydrogens (tertiary/aromatic N) is 4. The second-order valence-corrected chi connectivity index (χ2v) is 21.7. The fourth-order valence-corrected chi connectivity index (χ4v) is 6.67. The minimum absolute atomic E-state index is 0.0874. The summed E-state index contributed by atoms with van der Waals surface area (Å²) in [7, 11) is -0.339. The lowest BCUT2D eigenvalue weighted by atomic mass is 10.0. The van der Waals surface area contributed by atoms with Crippen LogP contribution >= 0.6 is 0 Å². The van der Waals surface area contributed by atoms with Gasteiger partial charge >= 0.3 is 0 Å². The van der Waals surface area contributed by atoms with Crippen molar-refractivity contribution >= 4 is 30.6 Å². The first kappa shape index (κ1) is 38.9. The molecule has 49 heavy (non-hydrogen) atoms. The predicted molar refractivity (Wildman–Crippen MR) is 200 cm³/mol. The fraction of sp³-hybridized carbons (Fsp3) is 0.541. The molecule has 1 aromatic carbocycles. The van der Waals surface area contributed by atoms with Gasteiger partial charge in [0.2, 0.25) is 0 Å². The van der Waals surface area contributed by atoms with Gasteiger partial charge < -0.3 is 18.5 Å². The van der Waals surface area contributed by atoms with E-state index in [0.29, 0.717) is 49.2 Å². The molecule has 0 aliphatic carbocycles. The minimum Gasteiger partial charge on any atom is -0.598 e. The Hall–Kier alpha value is -2.87. The molecule has 3 atom stereocenters. The monoisotopic (exact) mass is 711 g/mol. The maximum Gasteiger partial charge on any atom is 0.192 e. The third-order valence-corrected chi connectivity index (χ3v) is 15.0. The number of methoxy groups -OCH3 is 1. The number of benzene rings is 1. The molecule has 0 amide bonds. The number of rotatable bonds is 16. The summed E-state index contributed by atoms with van der Waals surface area (Å²) in [6, 6.07) is 14.5. The lowest BCUT2D eigenvalue weighted by Gasteiger charge is -2.36. The van der Waals surface area contributed by atoms with Crippen LogP contribution in [-0.2, 0) is 27.1 Å². The van der Waals surface area contributed by atoms with Crippen molar-refractivity contribution in [3.05, 3.63) is 66.1 Å². The van der Waals surface area contributed by atoms with Crippen molar-refractivity contribution in [1.29, 1.82) is 0 Å². The van der Waals surface area contributed by atoms with Crippen molar-refractivity contribution in [3.63, 3.8) is 0 Å². The molecule has 0 aliphatic heterocycles. The molecule has 9 nitrogen and oxygen atoms in total. The van der Waals surface area contributed by atoms with Gasteiger partial charge in [-0.2, -0.15) is 5.10 Å². The van der Waals surface area contributed by atoms with Gasteiger partial charge in [0.1, 0.15) is 29.3 Å². The molecule has 2 unspecified atom stereocenters. The Balaban J connectivity index is 1.77. The molecular formula is C37H54FN5O4SSi. The molecule has 0 aliphatic rings. The molecule has 3 aromatic heterocycles. The summed E-state index contributed by atoms with van der Waals surface area (Å²) in [6.45, 7) is 19.9. The Bertz CT molecular complexity index is 1670. The second-order valence-electron chi connectivity index (χ2n) is 14.9. The lowest BCUT2D eigenvalue weighted by molar-refractivity contribution is 0.147. The normalized spacial score (nSPS) is 14.6. The van der Waals surface area contributed by atoms with Crippen LogP contribution in [0.1, 0.15) is 85.2 Å². The van der Waals surface area contributed by atoms with Crippen LogP contribution in [0.5, 0.6) is 5.75 Å². The average Bonchev–Trinajstić information content (AvgIpc) is 3.49. The molecular weight excluding hydrogens is 658 g/mol. The Morgan fingerprint density at radius 2 is 1.76 bits per heavy atom. The molecule has 0 fully saturated rings. The van der Waals surface area contributed by atoms with E-state index in [-0.39, 0.29) is 5.04 Å². The molecule has 3 heterocycles. The Morgan fingerprint density at radius 1 is 1.02 bits per heavy atom. The highest BCUT2D eigenvalue weighted by Crippen LogP contribution is 2.37. The van der Waals surface area contributed by atoms with E-state index >= 15 is 4.39 Å². The second kappa shape index (κ2) is 16.4. The van der Waals surface area contributed by atoms with Crippen molar-refractivity contribution in [2.45, 2.75) is 109 Å². The summed E-state index contributed by atoms with van der Waals surface area (Å²) in [6.07, 6.45) is 2.45. The van der Waals surface area contributed by atoms with Gasteiger partial charge in [-0.05, 0) is 81.7 Å². The summed E-state index contributed by atoms with van der Waals surface area (Å²) >= 11 is -1.49. The third-order valence-electron chi connectivity index (χ3n) is 8.96. The number of halogens is 1. The Morgan fingerprint density at radius 3 is 2.43 bits per heavy atom. The van der Waals surface area contributed by atoms with Crippen LogP contribution in [0, 0.1) is 0 Å². The maximum absolute atomic E-state index is 15.8. The summed E-state index contributed by atoms with van der Waals surface area (Å²) in [5, 5.41) is 5.63. The van der Waals surface area contributed by atoms with Gasteiger partial charge in [0.05, 0.1) is 47.4 Å². The molecule has 4 aromatic rings. The molecule has 12 heteroatoms. The van der Waals surface area contributed by atoms with E-state index < -0.39 is 36.6 Å². The topological polar surface area (TPSA) is 106 Å². The highest BCUT2D eigenvalue weighted by atomic mass is 32.2. The largest absolute Gasteiger partial charge is 0.598 e. The highest BCUT2D eigenvalue weighted by Gasteiger charge is 2.37. The van der Waals surface area contributed by atoms with Crippen LogP contribution in [-0.4, -0.2) is 63.9 Å². The molecule has 1 N–H and O–H groups in total. The van der Waals surface area contributed by atoms with Crippen molar-refractivity contribution in [2.75, 3.05) is 20.3 Å². The first-order chi connectivity index (χ1) is 23.1. The lowest BCUT2D eigenvalue weighted by Crippen LogP contribution is -2.44. The molecule has 0 bridgehead atoms. The standard InChI is InChI=1S/C37H54FN5O4SSi/c1-11-12-16-29(38)35(42-48(44)36(2,3)4)31-18-14-17-30(41-31)26-22-32-28(33(23-26)46-21-20-45-8)24-39-43(32)34-19-13-15-27(40-34)25-47-49(9,10)37(5,6)7/h13-15,17-19,22-24,29,35,42H,11-12,16,20-21,25H2,1-10H3/t29?,35-,48?/m0/s1. The van der Waals surface area contributed by atoms with Gasteiger partial charge in [0.15, 0.2) is 14.1 Å². The van der Waals surface area contributed by atoms with Crippen LogP contribution in [0.2, 0.25) is 18.1 Å². The summed E-state index contributed by atoms with van der Waals surface area (Å²) in [5.74, 6) is 1.27. The van der Waals surface area contributed by atoms with Gasteiger partial charge in [-0.1, -0.05) is 52.7 Å². The third kappa shape index (κ3) is 9.89. The van der Waals surface area contributed by atoms with Crippen LogP contribution in [0.4, 0.5) is 4.39 Å². The number of pyridine rings is 2. The van der Waals surface area contributed by atoms with Gasteiger partial charge in [0.25, 0.3) is 0 Å². The van der Waals surface area contributed by atoms with Crippen LogP contribution < -0.4 is 9.46 Å². The fourth-order valence-electron chi connectivity index (χ4n) is 4.88. The van der Waals surface area contributed by atoms with Gasteiger partial charge in [0, 0.05) is 24.0 Å². The number of unbranched alkanes of at least 4 members (excludes halogenated alkanes) is 1. The first-order valence-electron chi connectivity index (χ1n) is 17.1. The maximum atomic E-state index is 15.8. The number of hydrogen-bond donors (Lipinski definition) is 1. The van der Waals surface area contributed by atoms with Gasteiger partial charge in [-0.15, -0.1) is 4.72 Å². The van der Waals surface area contributed by atoms with Crippen molar-refractivity contribution in [2.24, 2.45) is 0 Å². The Kier molecular flexibility index (Phi) is 13.1. The van der Waals surface area contributed by atoms with Gasteiger partial charge in [-0.25, -0.2) is 14.1 Å². The SMILES string of the molecule is CCCCC(F)[C@H](N[S+]([O-])C(C)(C)C)c1cccc(-c2cc(OCCOC)c3cnn(-c4cccc(CO[Si](C)(C)C(C)(C)C)n4)c3c2)n1. The molecule has 0 spiro atoms. The summed E-state index contributed by atoms with van der Waals surface area (Å²) in [4.78, 5) is 9.87. The van der Waals surface area contributed by atoms with E-state index in [1.165, 1.54) is 0 Å². The molecule has 4 rings (SSSR count). The number of hydrogen-bond acceptors (Lipinski definition) is 8. The quantitative estimate of drug-likeness (QED) is 0.0700. The van der Waals surface area contributed by atoms with E-state index in [2.05, 4.69) is 38.6 Å². The number of fused-ring (bicyclic) bond motifs is 1. The number of ether oxygens (including phenoxy) is 2. The van der Waals surface area contributed by atoms with E-state index in [0.717, 1.165) is 35.0 Å². The molecule has 0 saturated carbocycles. The first-order valence-corrected chi connectivity index (χ1v) is 21.1. The summed E-state index contributed by atoms with van der Waals surface area (Å²) < 4.78 is 51.1. The van der Waals surface area contributed by atoms with E-state index in [9.17, 15) is 4.55 Å². The van der Waals surface area contributed by atoms with E-state index in [1.807, 2.05) is 70.2 Å². The van der Waals surface area contributed by atoms with Crippen LogP contribution in [0.15, 0.2) is 54.7 Å². The number of alkyl halides is 1. The van der Waals surface area contributed by atoms with Crippen molar-refractivity contribution < 1.29 is 22.8 Å². The zero-order valence-corrected chi connectivity index (χ0v) is 32.6. The number of aromatic nitrogens is 4. The zero-order chi connectivity index (χ0) is 36.0. The predicted octanol–water partition coefficient (Wildman–Crippen LogP) is 8.65. The smallest absolute Gasteiger partial charge is 0.192 e. The number of nitrogens with one attached hydrogen (secondary N) is 1. The molecule has 0 saturated heterocycles. The highest BCUT2D eigenvalue weighted by molar-refractivity contribution is 7.90. The average molecular weight is 712 g/mol. The van der Waals surface area contributed by atoms with Crippen LogP contribution in [0.3, 0.4) is 0 Å². The van der Waals surface area contributed by atoms with Crippen molar-refractivity contribution in [3.8, 4) is 22.8 Å². The zero-order valence-electron chi connectivity index (χ0n) is 30.8.